The third-order valence-corrected chi connectivity index (χ3v) is 6.83. The molecule has 2 heterocycles. The molecule has 0 saturated carbocycles. The zero-order valence-electron chi connectivity index (χ0n) is 15.8. The zero-order chi connectivity index (χ0) is 19.6. The van der Waals surface area contributed by atoms with E-state index in [0.717, 1.165) is 22.7 Å². The van der Waals surface area contributed by atoms with Crippen LogP contribution in [0.15, 0.2) is 30.5 Å². The molecule has 0 aliphatic carbocycles. The first kappa shape index (κ1) is 19.4. The number of methoxy groups -OCH3 is 1. The quantitative estimate of drug-likeness (QED) is 0.844. The van der Waals surface area contributed by atoms with Crippen molar-refractivity contribution in [3.8, 4) is 11.4 Å². The predicted octanol–water partition coefficient (Wildman–Crippen LogP) is 2.19. The number of nitrogens with zero attached hydrogens (tertiary/aromatic N) is 2. The number of amides is 1. The molecule has 27 heavy (non-hydrogen) atoms. The summed E-state index contributed by atoms with van der Waals surface area (Å²) in [6.45, 7) is 3.88. The topological polar surface area (TPSA) is 90.3 Å². The van der Waals surface area contributed by atoms with Crippen molar-refractivity contribution in [3.05, 3.63) is 41.7 Å². The van der Waals surface area contributed by atoms with Crippen molar-refractivity contribution in [1.82, 2.24) is 15.1 Å². The van der Waals surface area contributed by atoms with E-state index in [1.807, 2.05) is 42.8 Å². The molecular formula is C19H25N3O4S. The van der Waals surface area contributed by atoms with E-state index in [-0.39, 0.29) is 29.4 Å². The molecule has 1 aliphatic heterocycles. The third kappa shape index (κ3) is 4.32. The van der Waals surface area contributed by atoms with Gasteiger partial charge in [0.25, 0.3) is 0 Å². The highest BCUT2D eigenvalue weighted by Gasteiger charge is 2.29. The number of hydrogen-bond acceptors (Lipinski definition) is 5. The molecule has 1 aliphatic rings. The summed E-state index contributed by atoms with van der Waals surface area (Å²) < 4.78 is 30.1. The molecule has 8 heteroatoms. The summed E-state index contributed by atoms with van der Waals surface area (Å²) in [4.78, 5) is 12.5. The van der Waals surface area contributed by atoms with Crippen molar-refractivity contribution >= 4 is 15.7 Å². The van der Waals surface area contributed by atoms with Crippen molar-refractivity contribution in [1.29, 1.82) is 0 Å². The Balaban J connectivity index is 1.69. The van der Waals surface area contributed by atoms with Crippen LogP contribution < -0.4 is 10.1 Å². The maximum absolute atomic E-state index is 12.5. The fourth-order valence-electron chi connectivity index (χ4n) is 3.39. The molecule has 2 aromatic rings. The lowest BCUT2D eigenvalue weighted by molar-refractivity contribution is -0.125. The van der Waals surface area contributed by atoms with Gasteiger partial charge in [0.05, 0.1) is 36.5 Å². The first-order valence-electron chi connectivity index (χ1n) is 9.00. The van der Waals surface area contributed by atoms with Gasteiger partial charge < -0.3 is 10.1 Å². The number of sulfone groups is 1. The minimum Gasteiger partial charge on any atom is -0.497 e. The van der Waals surface area contributed by atoms with Crippen molar-refractivity contribution in [2.45, 2.75) is 32.7 Å². The monoisotopic (exact) mass is 391 g/mol. The lowest BCUT2D eigenvalue weighted by atomic mass is 10.0. The Morgan fingerprint density at radius 1 is 1.26 bits per heavy atom. The Labute approximate surface area is 159 Å². The standard InChI is InChI=1S/C19H25N3O4S/c1-13(21-19(23)15-8-10-27(24,25)11-9-15)18-12-20-22(14(18)2)16-4-6-17(26-3)7-5-16/h4-7,12-13,15H,8-11H2,1-3H3,(H,21,23). The van der Waals surface area contributed by atoms with Crippen molar-refractivity contribution < 1.29 is 17.9 Å². The highest BCUT2D eigenvalue weighted by atomic mass is 32.2. The van der Waals surface area contributed by atoms with Crippen LogP contribution in [-0.4, -0.2) is 42.7 Å². The number of carbonyl (C=O) groups is 1. The van der Waals surface area contributed by atoms with Crippen LogP contribution in [0.1, 0.15) is 37.1 Å². The highest BCUT2D eigenvalue weighted by Crippen LogP contribution is 2.24. The number of benzene rings is 1. The minimum atomic E-state index is -2.97. The third-order valence-electron chi connectivity index (χ3n) is 5.12. The second kappa shape index (κ2) is 7.72. The van der Waals surface area contributed by atoms with Crippen LogP contribution in [0.25, 0.3) is 5.69 Å². The molecule has 1 unspecified atom stereocenters. The molecule has 1 aromatic carbocycles. The van der Waals surface area contributed by atoms with Crippen LogP contribution in [0.5, 0.6) is 5.75 Å². The van der Waals surface area contributed by atoms with Crippen LogP contribution >= 0.6 is 0 Å². The second-order valence-corrected chi connectivity index (χ2v) is 9.26. The van der Waals surface area contributed by atoms with Gasteiger partial charge in [-0.1, -0.05) is 0 Å². The molecule has 146 valence electrons. The van der Waals surface area contributed by atoms with E-state index < -0.39 is 9.84 Å². The van der Waals surface area contributed by atoms with E-state index in [1.165, 1.54) is 0 Å². The maximum Gasteiger partial charge on any atom is 0.223 e. The first-order chi connectivity index (χ1) is 12.8. The molecule has 0 spiro atoms. The van der Waals surface area contributed by atoms with Gasteiger partial charge in [0, 0.05) is 17.2 Å². The molecule has 7 nitrogen and oxygen atoms in total. The summed E-state index contributed by atoms with van der Waals surface area (Å²) in [6.07, 6.45) is 2.55. The molecule has 1 aromatic heterocycles. The number of nitrogens with one attached hydrogen (secondary N) is 1. The van der Waals surface area contributed by atoms with Gasteiger partial charge in [-0.05, 0) is 51.0 Å². The summed E-state index contributed by atoms with van der Waals surface area (Å²) >= 11 is 0. The fraction of sp³-hybridized carbons (Fsp3) is 0.474. The molecule has 1 atom stereocenters. The van der Waals surface area contributed by atoms with Crippen LogP contribution in [0.2, 0.25) is 0 Å². The molecule has 1 amide bonds. The van der Waals surface area contributed by atoms with Gasteiger partial charge in [-0.3, -0.25) is 4.79 Å². The average Bonchev–Trinajstić information content (AvgIpc) is 3.03. The summed E-state index contributed by atoms with van der Waals surface area (Å²) in [5, 5.41) is 7.46. The summed E-state index contributed by atoms with van der Waals surface area (Å²) in [5.74, 6) is 0.628. The number of aromatic nitrogens is 2. The second-order valence-electron chi connectivity index (χ2n) is 6.95. The SMILES string of the molecule is COc1ccc(-n2ncc(C(C)NC(=O)C3CCS(=O)(=O)CC3)c2C)cc1. The predicted molar refractivity (Wildman–Crippen MR) is 103 cm³/mol. The van der Waals surface area contributed by atoms with E-state index in [2.05, 4.69) is 10.4 Å². The smallest absolute Gasteiger partial charge is 0.223 e. The Hall–Kier alpha value is -2.35. The molecule has 3 rings (SSSR count). The van der Waals surface area contributed by atoms with Crippen LogP contribution in [0, 0.1) is 12.8 Å². The van der Waals surface area contributed by atoms with E-state index in [0.29, 0.717) is 12.8 Å². The van der Waals surface area contributed by atoms with E-state index >= 15 is 0 Å². The Morgan fingerprint density at radius 2 is 1.89 bits per heavy atom. The Morgan fingerprint density at radius 3 is 2.48 bits per heavy atom. The molecule has 1 fully saturated rings. The Kier molecular flexibility index (Phi) is 5.55. The number of rotatable bonds is 5. The number of hydrogen-bond donors (Lipinski definition) is 1. The molecule has 1 N–H and O–H groups in total. The average molecular weight is 391 g/mol. The van der Waals surface area contributed by atoms with E-state index in [4.69, 9.17) is 4.74 Å². The lowest BCUT2D eigenvalue weighted by Gasteiger charge is -2.23. The molecule has 0 bridgehead atoms. The van der Waals surface area contributed by atoms with Gasteiger partial charge in [-0.2, -0.15) is 5.10 Å². The normalized spacial score (nSPS) is 18.0. The molecular weight excluding hydrogens is 366 g/mol. The fourth-order valence-corrected chi connectivity index (χ4v) is 4.88. The largest absolute Gasteiger partial charge is 0.497 e. The van der Waals surface area contributed by atoms with Gasteiger partial charge in [0.2, 0.25) is 5.91 Å². The van der Waals surface area contributed by atoms with Crippen LogP contribution in [-0.2, 0) is 14.6 Å². The van der Waals surface area contributed by atoms with Crippen LogP contribution in [0.3, 0.4) is 0 Å². The van der Waals surface area contributed by atoms with Crippen LogP contribution in [0.4, 0.5) is 0 Å². The number of ether oxygens (including phenoxy) is 1. The van der Waals surface area contributed by atoms with E-state index in [9.17, 15) is 13.2 Å². The Bertz CT molecular complexity index is 905. The van der Waals surface area contributed by atoms with Gasteiger partial charge in [0.1, 0.15) is 15.6 Å². The van der Waals surface area contributed by atoms with Gasteiger partial charge in [-0.25, -0.2) is 13.1 Å². The van der Waals surface area contributed by atoms with Crippen molar-refractivity contribution in [2.24, 2.45) is 5.92 Å². The molecule has 1 saturated heterocycles. The van der Waals surface area contributed by atoms with Gasteiger partial charge in [-0.15, -0.1) is 0 Å². The summed E-state index contributed by atoms with van der Waals surface area (Å²) in [5.41, 5.74) is 2.79. The van der Waals surface area contributed by atoms with Gasteiger partial charge in [0.15, 0.2) is 0 Å². The van der Waals surface area contributed by atoms with E-state index in [1.54, 1.807) is 13.3 Å². The van der Waals surface area contributed by atoms with Gasteiger partial charge >= 0.3 is 0 Å². The summed E-state index contributed by atoms with van der Waals surface area (Å²) in [6, 6.07) is 7.39. The van der Waals surface area contributed by atoms with Crippen molar-refractivity contribution in [2.75, 3.05) is 18.6 Å². The molecule has 0 radical (unpaired) electrons. The zero-order valence-corrected chi connectivity index (χ0v) is 16.6. The minimum absolute atomic E-state index is 0.0889. The van der Waals surface area contributed by atoms with Crippen molar-refractivity contribution in [3.63, 3.8) is 0 Å². The highest BCUT2D eigenvalue weighted by molar-refractivity contribution is 7.91. The number of carbonyl (C=O) groups excluding carboxylic acids is 1. The first-order valence-corrected chi connectivity index (χ1v) is 10.8. The maximum atomic E-state index is 12.5. The summed E-state index contributed by atoms with van der Waals surface area (Å²) in [7, 11) is -1.35. The lowest BCUT2D eigenvalue weighted by Crippen LogP contribution is -2.37.